The van der Waals surface area contributed by atoms with Gasteiger partial charge >= 0.3 is 0 Å². The molecule has 5 heteroatoms. The lowest BCUT2D eigenvalue weighted by Gasteiger charge is -2.16. The van der Waals surface area contributed by atoms with Crippen LogP contribution in [-0.4, -0.2) is 43.4 Å². The van der Waals surface area contributed by atoms with Gasteiger partial charge in [0.15, 0.2) is 0 Å². The Balaban J connectivity index is 3.68. The minimum atomic E-state index is -0.0568. The van der Waals surface area contributed by atoms with Crippen LogP contribution in [0.4, 0.5) is 0 Å². The first-order valence-electron chi connectivity index (χ1n) is 16.8. The molecule has 38 heavy (non-hydrogen) atoms. The van der Waals surface area contributed by atoms with Crippen molar-refractivity contribution in [1.82, 2.24) is 0 Å². The summed E-state index contributed by atoms with van der Waals surface area (Å²) in [6.07, 6.45) is 28.8. The Morgan fingerprint density at radius 1 is 0.368 bits per heavy atom. The highest BCUT2D eigenvalue weighted by atomic mass is 32.2. The first-order chi connectivity index (χ1) is 18.7. The fraction of sp³-hybridized carbons (Fsp3) is 1.00. The zero-order chi connectivity index (χ0) is 27.9. The Labute approximate surface area is 258 Å². The second-order valence-electron chi connectivity index (χ2n) is 11.1. The van der Waals surface area contributed by atoms with Gasteiger partial charge in [-0.05, 0) is 74.4 Å². The third-order valence-corrected chi connectivity index (χ3v) is 13.3. The molecule has 0 aliphatic carbocycles. The maximum Gasteiger partial charge on any atom is 0.0540 e. The van der Waals surface area contributed by atoms with Crippen molar-refractivity contribution in [1.29, 1.82) is 0 Å². The predicted molar refractivity (Wildman–Crippen MR) is 188 cm³/mol. The van der Waals surface area contributed by atoms with Crippen molar-refractivity contribution < 1.29 is 5.11 Å². The summed E-state index contributed by atoms with van der Waals surface area (Å²) in [4.78, 5) is 0. The molecular weight excluding hydrogens is 541 g/mol. The molecule has 0 saturated heterocycles. The highest BCUT2D eigenvalue weighted by Gasteiger charge is 2.11. The lowest BCUT2D eigenvalue weighted by atomic mass is 10.0. The van der Waals surface area contributed by atoms with Crippen LogP contribution >= 0.6 is 47.0 Å². The van der Waals surface area contributed by atoms with Gasteiger partial charge in [-0.25, -0.2) is 0 Å². The Morgan fingerprint density at radius 2 is 0.632 bits per heavy atom. The topological polar surface area (TPSA) is 20.2 Å². The van der Waals surface area contributed by atoms with Gasteiger partial charge in [-0.3, -0.25) is 0 Å². The molecule has 0 aliphatic rings. The molecule has 0 atom stereocenters. The first kappa shape index (κ1) is 39.4. The van der Waals surface area contributed by atoms with Gasteiger partial charge in [0.05, 0.1) is 15.3 Å². The van der Waals surface area contributed by atoms with Gasteiger partial charge in [0.1, 0.15) is 0 Å². The monoisotopic (exact) mass is 608 g/mol. The SMILES string of the molecule is CCCCSC(CCCCCCCC(O)CCCCCCCC(SCCCC)SCCCC)SCCCC. The van der Waals surface area contributed by atoms with Gasteiger partial charge in [0, 0.05) is 0 Å². The standard InChI is InChI=1S/C33H68OS4/c1-5-9-27-35-32(36-28-10-6-2)25-21-17-13-15-19-23-31(34)24-20-16-14-18-22-26-33(37-29-11-7-3)38-30-12-8-4/h31-34H,5-30H2,1-4H3. The molecule has 0 heterocycles. The van der Waals surface area contributed by atoms with Crippen LogP contribution in [-0.2, 0) is 0 Å². The second-order valence-corrected chi connectivity index (χ2v) is 16.9. The van der Waals surface area contributed by atoms with E-state index in [9.17, 15) is 5.11 Å². The zero-order valence-corrected chi connectivity index (χ0v) is 29.5. The van der Waals surface area contributed by atoms with E-state index in [0.29, 0.717) is 0 Å². The van der Waals surface area contributed by atoms with Gasteiger partial charge < -0.3 is 5.11 Å². The highest BCUT2D eigenvalue weighted by Crippen LogP contribution is 2.31. The van der Waals surface area contributed by atoms with Crippen molar-refractivity contribution in [3.05, 3.63) is 0 Å². The molecule has 0 rings (SSSR count). The first-order valence-corrected chi connectivity index (χ1v) is 21.0. The number of thioether (sulfide) groups is 4. The molecule has 1 nitrogen and oxygen atoms in total. The number of rotatable bonds is 32. The molecule has 0 aromatic carbocycles. The van der Waals surface area contributed by atoms with Gasteiger partial charge in [0.25, 0.3) is 0 Å². The van der Waals surface area contributed by atoms with E-state index in [1.54, 1.807) is 0 Å². The van der Waals surface area contributed by atoms with Gasteiger partial charge in [0.2, 0.25) is 0 Å². The third kappa shape index (κ3) is 28.9. The van der Waals surface area contributed by atoms with E-state index in [1.165, 1.54) is 151 Å². The largest absolute Gasteiger partial charge is 0.393 e. The molecule has 0 aromatic rings. The van der Waals surface area contributed by atoms with Crippen LogP contribution in [0.15, 0.2) is 0 Å². The second kappa shape index (κ2) is 32.9. The van der Waals surface area contributed by atoms with E-state index in [4.69, 9.17) is 0 Å². The quantitative estimate of drug-likeness (QED) is 0.0603. The van der Waals surface area contributed by atoms with Gasteiger partial charge in [-0.15, -0.1) is 47.0 Å². The summed E-state index contributed by atoms with van der Waals surface area (Å²) in [6, 6.07) is 0. The summed E-state index contributed by atoms with van der Waals surface area (Å²) in [6.45, 7) is 9.21. The Kier molecular flexibility index (Phi) is 34.0. The normalized spacial score (nSPS) is 12.0. The van der Waals surface area contributed by atoms with E-state index in [0.717, 1.165) is 22.0 Å². The molecule has 0 bridgehead atoms. The maximum absolute atomic E-state index is 10.4. The number of aliphatic hydroxyl groups excluding tert-OH is 1. The summed E-state index contributed by atoms with van der Waals surface area (Å²) in [5.74, 6) is 5.37. The van der Waals surface area contributed by atoms with Crippen molar-refractivity contribution >= 4 is 47.0 Å². The highest BCUT2D eigenvalue weighted by molar-refractivity contribution is 8.17. The molecule has 0 aliphatic heterocycles. The molecule has 0 saturated carbocycles. The van der Waals surface area contributed by atoms with Crippen LogP contribution in [0.25, 0.3) is 0 Å². The summed E-state index contributed by atoms with van der Waals surface area (Å²) >= 11 is 8.87. The molecular formula is C33H68OS4. The summed E-state index contributed by atoms with van der Waals surface area (Å²) in [7, 11) is 0. The average Bonchev–Trinajstić information content (AvgIpc) is 2.91. The van der Waals surface area contributed by atoms with Crippen LogP contribution in [0.1, 0.15) is 169 Å². The lowest BCUT2D eigenvalue weighted by Crippen LogP contribution is -2.06. The Hall–Kier alpha value is 1.36. The lowest BCUT2D eigenvalue weighted by molar-refractivity contribution is 0.147. The van der Waals surface area contributed by atoms with Crippen molar-refractivity contribution in [2.45, 2.75) is 184 Å². The van der Waals surface area contributed by atoms with Crippen molar-refractivity contribution in [3.63, 3.8) is 0 Å². The van der Waals surface area contributed by atoms with Crippen LogP contribution in [0.3, 0.4) is 0 Å². The Morgan fingerprint density at radius 3 is 0.921 bits per heavy atom. The molecule has 230 valence electrons. The fourth-order valence-corrected chi connectivity index (χ4v) is 10.6. The van der Waals surface area contributed by atoms with E-state index in [1.807, 2.05) is 0 Å². The van der Waals surface area contributed by atoms with Crippen molar-refractivity contribution in [3.8, 4) is 0 Å². The minimum absolute atomic E-state index is 0.0568. The number of hydrogen-bond acceptors (Lipinski definition) is 5. The fourth-order valence-electron chi connectivity index (χ4n) is 4.45. The maximum atomic E-state index is 10.4. The Bertz CT molecular complexity index is 379. The van der Waals surface area contributed by atoms with E-state index >= 15 is 0 Å². The molecule has 1 N–H and O–H groups in total. The van der Waals surface area contributed by atoms with Crippen LogP contribution < -0.4 is 0 Å². The zero-order valence-electron chi connectivity index (χ0n) is 26.2. The summed E-state index contributed by atoms with van der Waals surface area (Å²) in [5.41, 5.74) is 0. The van der Waals surface area contributed by atoms with E-state index in [-0.39, 0.29) is 6.10 Å². The van der Waals surface area contributed by atoms with Crippen LogP contribution in [0.2, 0.25) is 0 Å². The van der Waals surface area contributed by atoms with E-state index < -0.39 is 0 Å². The average molecular weight is 609 g/mol. The molecule has 0 unspecified atom stereocenters. The molecule has 0 spiro atoms. The summed E-state index contributed by atoms with van der Waals surface area (Å²) < 4.78 is 1.65. The number of aliphatic hydroxyl groups is 1. The molecule has 0 fully saturated rings. The predicted octanol–water partition coefficient (Wildman–Crippen LogP) is 12.6. The van der Waals surface area contributed by atoms with Crippen LogP contribution in [0.5, 0.6) is 0 Å². The van der Waals surface area contributed by atoms with Gasteiger partial charge in [-0.1, -0.05) is 118 Å². The smallest absolute Gasteiger partial charge is 0.0540 e. The molecule has 0 amide bonds. The number of unbranched alkanes of at least 4 members (excludes halogenated alkanes) is 12. The summed E-state index contributed by atoms with van der Waals surface area (Å²) in [5, 5.41) is 10.4. The minimum Gasteiger partial charge on any atom is -0.393 e. The number of hydrogen-bond donors (Lipinski definition) is 1. The van der Waals surface area contributed by atoms with Crippen molar-refractivity contribution in [2.75, 3.05) is 23.0 Å². The van der Waals surface area contributed by atoms with E-state index in [2.05, 4.69) is 74.7 Å². The molecule has 0 aromatic heterocycles. The molecule has 0 radical (unpaired) electrons. The third-order valence-electron chi connectivity index (χ3n) is 7.16. The van der Waals surface area contributed by atoms with Gasteiger partial charge in [-0.2, -0.15) is 0 Å². The van der Waals surface area contributed by atoms with Crippen LogP contribution in [0, 0.1) is 0 Å². The van der Waals surface area contributed by atoms with Crippen molar-refractivity contribution in [2.24, 2.45) is 0 Å².